The number of hydrogen-bond acceptors (Lipinski definition) is 3. The van der Waals surface area contributed by atoms with E-state index in [-0.39, 0.29) is 6.04 Å². The summed E-state index contributed by atoms with van der Waals surface area (Å²) in [5, 5.41) is 7.30. The third-order valence-electron chi connectivity index (χ3n) is 3.29. The standard InChI is InChI=1S/C17H22N4S/c1-21(2)13-12-19-17(22)20-16(14-6-4-3-5-7-14)15-8-10-18-11-9-15/h3-11,16H,12-13H2,1-2H3,(H2,19,20,22)/t16-/m0/s1. The molecule has 22 heavy (non-hydrogen) atoms. The maximum absolute atomic E-state index is 5.43. The summed E-state index contributed by atoms with van der Waals surface area (Å²) in [6, 6.07) is 14.3. The Morgan fingerprint density at radius 3 is 2.36 bits per heavy atom. The van der Waals surface area contributed by atoms with E-state index in [9.17, 15) is 0 Å². The predicted octanol–water partition coefficient (Wildman–Crippen LogP) is 2.20. The molecule has 0 saturated heterocycles. The third kappa shape index (κ3) is 5.09. The summed E-state index contributed by atoms with van der Waals surface area (Å²) in [6.07, 6.45) is 3.60. The third-order valence-corrected chi connectivity index (χ3v) is 3.55. The number of hydrogen-bond donors (Lipinski definition) is 2. The lowest BCUT2D eigenvalue weighted by molar-refractivity contribution is 0.412. The topological polar surface area (TPSA) is 40.2 Å². The van der Waals surface area contributed by atoms with Crippen molar-refractivity contribution < 1.29 is 0 Å². The molecule has 1 atom stereocenters. The molecule has 0 aliphatic rings. The highest BCUT2D eigenvalue weighted by Gasteiger charge is 2.14. The molecule has 0 amide bonds. The van der Waals surface area contributed by atoms with Crippen molar-refractivity contribution in [3.05, 3.63) is 66.0 Å². The minimum Gasteiger partial charge on any atom is -0.361 e. The van der Waals surface area contributed by atoms with Gasteiger partial charge >= 0.3 is 0 Å². The van der Waals surface area contributed by atoms with Crippen molar-refractivity contribution >= 4 is 17.3 Å². The summed E-state index contributed by atoms with van der Waals surface area (Å²) in [4.78, 5) is 6.21. The molecule has 116 valence electrons. The largest absolute Gasteiger partial charge is 0.361 e. The maximum Gasteiger partial charge on any atom is 0.167 e. The van der Waals surface area contributed by atoms with Crippen molar-refractivity contribution in [3.8, 4) is 0 Å². The zero-order chi connectivity index (χ0) is 15.8. The monoisotopic (exact) mass is 314 g/mol. The van der Waals surface area contributed by atoms with Gasteiger partial charge in [0.25, 0.3) is 0 Å². The Labute approximate surface area is 137 Å². The first-order chi connectivity index (χ1) is 10.7. The van der Waals surface area contributed by atoms with E-state index < -0.39 is 0 Å². The van der Waals surface area contributed by atoms with Crippen LogP contribution in [0.2, 0.25) is 0 Å². The van der Waals surface area contributed by atoms with Gasteiger partial charge in [-0.3, -0.25) is 4.98 Å². The fourth-order valence-corrected chi connectivity index (χ4v) is 2.36. The minimum absolute atomic E-state index is 0.0172. The van der Waals surface area contributed by atoms with Crippen LogP contribution in [0.25, 0.3) is 0 Å². The number of rotatable bonds is 6. The van der Waals surface area contributed by atoms with Crippen LogP contribution in [0.4, 0.5) is 0 Å². The fraction of sp³-hybridized carbons (Fsp3) is 0.294. The Bertz CT molecular complexity index is 532. The average Bonchev–Trinajstić information content (AvgIpc) is 2.54. The minimum atomic E-state index is 0.0172. The molecule has 1 aromatic heterocycles. The van der Waals surface area contributed by atoms with Gasteiger partial charge in [0, 0.05) is 25.5 Å². The molecule has 0 spiro atoms. The Kier molecular flexibility index (Phi) is 6.30. The quantitative estimate of drug-likeness (QED) is 0.800. The normalized spacial score (nSPS) is 12.0. The fourth-order valence-electron chi connectivity index (χ4n) is 2.14. The molecule has 0 aliphatic heterocycles. The Hall–Kier alpha value is -1.98. The highest BCUT2D eigenvalue weighted by molar-refractivity contribution is 7.80. The molecule has 0 aliphatic carbocycles. The Morgan fingerprint density at radius 1 is 1.09 bits per heavy atom. The molecule has 1 aromatic carbocycles. The number of pyridine rings is 1. The SMILES string of the molecule is CN(C)CCNC(=S)N[C@@H](c1ccccc1)c1ccncc1. The van der Waals surface area contributed by atoms with Crippen molar-refractivity contribution in [2.45, 2.75) is 6.04 Å². The number of likely N-dealkylation sites (N-methyl/N-ethyl adjacent to an activating group) is 1. The van der Waals surface area contributed by atoms with Crippen molar-refractivity contribution in [2.75, 3.05) is 27.2 Å². The van der Waals surface area contributed by atoms with Crippen LogP contribution in [0.5, 0.6) is 0 Å². The molecule has 0 fully saturated rings. The first-order valence-electron chi connectivity index (χ1n) is 7.31. The van der Waals surface area contributed by atoms with Crippen LogP contribution in [0, 0.1) is 0 Å². The molecule has 5 heteroatoms. The number of nitrogens with one attached hydrogen (secondary N) is 2. The summed E-state index contributed by atoms with van der Waals surface area (Å²) in [6.45, 7) is 1.75. The van der Waals surface area contributed by atoms with Gasteiger partial charge in [-0.1, -0.05) is 30.3 Å². The molecular weight excluding hydrogens is 292 g/mol. The number of thiocarbonyl (C=S) groups is 1. The van der Waals surface area contributed by atoms with Gasteiger partial charge in [0.1, 0.15) is 0 Å². The Balaban J connectivity index is 2.08. The number of benzene rings is 1. The Morgan fingerprint density at radius 2 is 1.73 bits per heavy atom. The first-order valence-corrected chi connectivity index (χ1v) is 7.71. The molecule has 0 unspecified atom stereocenters. The molecule has 2 N–H and O–H groups in total. The maximum atomic E-state index is 5.43. The second kappa shape index (κ2) is 8.46. The zero-order valence-electron chi connectivity index (χ0n) is 13.0. The lowest BCUT2D eigenvalue weighted by atomic mass is 10.00. The number of aromatic nitrogens is 1. The van der Waals surface area contributed by atoms with E-state index in [4.69, 9.17) is 12.2 Å². The van der Waals surface area contributed by atoms with Crippen molar-refractivity contribution in [2.24, 2.45) is 0 Å². The van der Waals surface area contributed by atoms with Crippen LogP contribution >= 0.6 is 12.2 Å². The second-order valence-corrected chi connectivity index (χ2v) is 5.74. The second-order valence-electron chi connectivity index (χ2n) is 5.33. The molecular formula is C17H22N4S. The molecule has 2 rings (SSSR count). The molecule has 1 heterocycles. The van der Waals surface area contributed by atoms with E-state index in [1.54, 1.807) is 12.4 Å². The van der Waals surface area contributed by atoms with Gasteiger partial charge in [-0.2, -0.15) is 0 Å². The van der Waals surface area contributed by atoms with Gasteiger partial charge in [-0.15, -0.1) is 0 Å². The van der Waals surface area contributed by atoms with Crippen molar-refractivity contribution in [1.82, 2.24) is 20.5 Å². The van der Waals surface area contributed by atoms with Crippen LogP contribution in [0.15, 0.2) is 54.9 Å². The van der Waals surface area contributed by atoms with Gasteiger partial charge in [0.2, 0.25) is 0 Å². The first kappa shape index (κ1) is 16.4. The average molecular weight is 314 g/mol. The van der Waals surface area contributed by atoms with Gasteiger partial charge in [-0.25, -0.2) is 0 Å². The molecule has 2 aromatic rings. The molecule has 0 radical (unpaired) electrons. The smallest absolute Gasteiger partial charge is 0.167 e. The predicted molar refractivity (Wildman–Crippen MR) is 94.8 cm³/mol. The van der Waals surface area contributed by atoms with E-state index in [0.29, 0.717) is 5.11 Å². The van der Waals surface area contributed by atoms with Crippen LogP contribution < -0.4 is 10.6 Å². The summed E-state index contributed by atoms with van der Waals surface area (Å²) in [7, 11) is 4.09. The number of nitrogens with zero attached hydrogens (tertiary/aromatic N) is 2. The van der Waals surface area contributed by atoms with E-state index in [2.05, 4.69) is 32.7 Å². The van der Waals surface area contributed by atoms with E-state index in [0.717, 1.165) is 18.7 Å². The van der Waals surface area contributed by atoms with Gasteiger partial charge in [0.05, 0.1) is 6.04 Å². The summed E-state index contributed by atoms with van der Waals surface area (Å²) in [5.41, 5.74) is 2.31. The van der Waals surface area contributed by atoms with Crippen LogP contribution in [-0.2, 0) is 0 Å². The summed E-state index contributed by atoms with van der Waals surface area (Å²) < 4.78 is 0. The van der Waals surface area contributed by atoms with E-state index in [1.165, 1.54) is 5.56 Å². The summed E-state index contributed by atoms with van der Waals surface area (Å²) >= 11 is 5.43. The van der Waals surface area contributed by atoms with E-state index >= 15 is 0 Å². The lowest BCUT2D eigenvalue weighted by Gasteiger charge is -2.22. The van der Waals surface area contributed by atoms with Crippen LogP contribution in [0.1, 0.15) is 17.2 Å². The van der Waals surface area contributed by atoms with Gasteiger partial charge in [0.15, 0.2) is 5.11 Å². The molecule has 0 bridgehead atoms. The van der Waals surface area contributed by atoms with Gasteiger partial charge in [-0.05, 0) is 49.6 Å². The van der Waals surface area contributed by atoms with Crippen LogP contribution in [-0.4, -0.2) is 42.2 Å². The van der Waals surface area contributed by atoms with Crippen molar-refractivity contribution in [3.63, 3.8) is 0 Å². The molecule has 4 nitrogen and oxygen atoms in total. The molecule has 0 saturated carbocycles. The van der Waals surface area contributed by atoms with E-state index in [1.807, 2.05) is 44.4 Å². The van der Waals surface area contributed by atoms with Crippen LogP contribution in [0.3, 0.4) is 0 Å². The summed E-state index contributed by atoms with van der Waals surface area (Å²) in [5.74, 6) is 0. The van der Waals surface area contributed by atoms with Gasteiger partial charge < -0.3 is 15.5 Å². The lowest BCUT2D eigenvalue weighted by Crippen LogP contribution is -2.40. The highest BCUT2D eigenvalue weighted by Crippen LogP contribution is 2.21. The highest BCUT2D eigenvalue weighted by atomic mass is 32.1. The zero-order valence-corrected chi connectivity index (χ0v) is 13.8. The van der Waals surface area contributed by atoms with Crippen molar-refractivity contribution in [1.29, 1.82) is 0 Å².